The minimum atomic E-state index is -0.787. The van der Waals surface area contributed by atoms with E-state index in [-0.39, 0.29) is 37.7 Å². The number of aliphatic carboxylic acids is 1. The van der Waals surface area contributed by atoms with Gasteiger partial charge in [0.1, 0.15) is 0 Å². The van der Waals surface area contributed by atoms with Gasteiger partial charge in [-0.3, -0.25) is 9.59 Å². The van der Waals surface area contributed by atoms with E-state index >= 15 is 0 Å². The third-order valence-electron chi connectivity index (χ3n) is 6.14. The fraction of sp³-hybridized carbons (Fsp3) is 0.500. The number of amides is 1. The predicted molar refractivity (Wildman–Crippen MR) is 143 cm³/mol. The molecule has 4 N–H and O–H groups in total. The summed E-state index contributed by atoms with van der Waals surface area (Å²) in [6.45, 7) is 0.106. The number of carboxylic acids is 1. The van der Waals surface area contributed by atoms with Crippen LogP contribution in [-0.4, -0.2) is 51.4 Å². The summed E-state index contributed by atoms with van der Waals surface area (Å²) in [5.74, 6) is 0.502. The van der Waals surface area contributed by atoms with Crippen LogP contribution in [0.15, 0.2) is 48.5 Å². The first-order chi connectivity index (χ1) is 18.0. The number of ether oxygens (including phenoxy) is 2. The Bertz CT molecular complexity index is 985. The molecule has 1 amide bonds. The van der Waals surface area contributed by atoms with Gasteiger partial charge < -0.3 is 30.1 Å². The lowest BCUT2D eigenvalue weighted by atomic mass is 10.0. The zero-order valence-electron chi connectivity index (χ0n) is 21.0. The number of aliphatic hydroxyl groups is 2. The Hall–Kier alpha value is -2.43. The molecule has 0 aromatic heterocycles. The van der Waals surface area contributed by atoms with Crippen molar-refractivity contribution in [3.8, 4) is 0 Å². The fourth-order valence-electron chi connectivity index (χ4n) is 4.20. The van der Waals surface area contributed by atoms with Crippen molar-refractivity contribution in [2.24, 2.45) is 0 Å². The molecule has 1 aliphatic rings. The third kappa shape index (κ3) is 10.1. The average Bonchev–Trinajstić information content (AvgIpc) is 2.90. The zero-order valence-corrected chi connectivity index (χ0v) is 21.8. The fourth-order valence-corrected chi connectivity index (χ4v) is 4.98. The van der Waals surface area contributed by atoms with Gasteiger partial charge in [-0.25, -0.2) is 0 Å². The lowest BCUT2D eigenvalue weighted by Crippen LogP contribution is -2.31. The van der Waals surface area contributed by atoms with Gasteiger partial charge in [0.25, 0.3) is 0 Å². The molecule has 0 bridgehead atoms. The van der Waals surface area contributed by atoms with Crippen molar-refractivity contribution in [1.82, 2.24) is 0 Å². The molecule has 1 aliphatic heterocycles. The molecule has 3 rings (SSSR count). The monoisotopic (exact) mass is 531 g/mol. The van der Waals surface area contributed by atoms with E-state index < -0.39 is 12.3 Å². The second-order valence-electron chi connectivity index (χ2n) is 9.13. The number of anilines is 1. The summed E-state index contributed by atoms with van der Waals surface area (Å²) >= 11 is 1.64. The van der Waals surface area contributed by atoms with E-state index in [1.54, 1.807) is 11.8 Å². The molecule has 0 aliphatic carbocycles. The number of hydrogen-bond acceptors (Lipinski definition) is 7. The molecule has 1 heterocycles. The topological polar surface area (TPSA) is 125 Å². The van der Waals surface area contributed by atoms with Crippen LogP contribution in [0.1, 0.15) is 74.0 Å². The molecule has 1 fully saturated rings. The van der Waals surface area contributed by atoms with Gasteiger partial charge in [0.2, 0.25) is 5.91 Å². The van der Waals surface area contributed by atoms with Gasteiger partial charge in [0.15, 0.2) is 6.29 Å². The quantitative estimate of drug-likeness (QED) is 0.241. The molecule has 0 unspecified atom stereocenters. The van der Waals surface area contributed by atoms with E-state index in [0.717, 1.165) is 35.3 Å². The number of aliphatic hydroxyl groups excluding tert-OH is 2. The lowest BCUT2D eigenvalue weighted by molar-refractivity contribution is -0.245. The SMILES string of the molecule is O=C(O)CCCCCCC(=O)Nc1cccc([C@H]2O[C@@H](CSCCO)C[C@@H](c3ccc(CO)cc3)O2)c1. The Kier molecular flexibility index (Phi) is 12.4. The van der Waals surface area contributed by atoms with Crippen molar-refractivity contribution in [2.75, 3.05) is 23.4 Å². The highest BCUT2D eigenvalue weighted by atomic mass is 32.2. The molecule has 3 atom stereocenters. The van der Waals surface area contributed by atoms with Crippen molar-refractivity contribution in [1.29, 1.82) is 0 Å². The molecule has 0 radical (unpaired) electrons. The maximum atomic E-state index is 12.4. The van der Waals surface area contributed by atoms with Crippen LogP contribution in [0.2, 0.25) is 0 Å². The van der Waals surface area contributed by atoms with E-state index in [0.29, 0.717) is 37.1 Å². The Labute approximate surface area is 222 Å². The minimum Gasteiger partial charge on any atom is -0.481 e. The third-order valence-corrected chi connectivity index (χ3v) is 7.22. The molecule has 2 aromatic rings. The standard InChI is InChI=1S/C28H37NO7S/c30-14-15-37-19-24-17-25(21-12-10-20(18-31)11-13-21)36-28(35-24)22-6-5-7-23(16-22)29-26(32)8-3-1-2-4-9-27(33)34/h5-7,10-13,16,24-25,28,30-31H,1-4,8-9,14-15,17-19H2,(H,29,32)(H,33,34)/t24-,25+,28+/m1/s1. The van der Waals surface area contributed by atoms with Gasteiger partial charge in [0, 0.05) is 42.0 Å². The smallest absolute Gasteiger partial charge is 0.303 e. The first kappa shape index (κ1) is 29.1. The van der Waals surface area contributed by atoms with Crippen LogP contribution in [0, 0.1) is 0 Å². The molecular formula is C28H37NO7S. The molecule has 9 heteroatoms. The van der Waals surface area contributed by atoms with E-state index in [9.17, 15) is 14.7 Å². The molecule has 37 heavy (non-hydrogen) atoms. The van der Waals surface area contributed by atoms with Gasteiger partial charge >= 0.3 is 5.97 Å². The Morgan fingerprint density at radius 2 is 1.70 bits per heavy atom. The summed E-state index contributed by atoms with van der Waals surface area (Å²) in [7, 11) is 0. The predicted octanol–water partition coefficient (Wildman–Crippen LogP) is 4.81. The molecule has 0 spiro atoms. The second-order valence-corrected chi connectivity index (χ2v) is 10.3. The van der Waals surface area contributed by atoms with Crippen molar-refractivity contribution >= 4 is 29.3 Å². The first-order valence-corrected chi connectivity index (χ1v) is 13.9. The van der Waals surface area contributed by atoms with E-state index in [4.69, 9.17) is 19.7 Å². The molecular weight excluding hydrogens is 494 g/mol. The Morgan fingerprint density at radius 1 is 0.946 bits per heavy atom. The van der Waals surface area contributed by atoms with Crippen molar-refractivity contribution < 1.29 is 34.4 Å². The summed E-state index contributed by atoms with van der Waals surface area (Å²) in [6, 6.07) is 15.2. The highest BCUT2D eigenvalue weighted by Crippen LogP contribution is 2.39. The second kappa shape index (κ2) is 15.7. The number of nitrogens with one attached hydrogen (secondary N) is 1. The van der Waals surface area contributed by atoms with E-state index in [1.807, 2.05) is 48.5 Å². The highest BCUT2D eigenvalue weighted by Gasteiger charge is 2.32. The Morgan fingerprint density at radius 3 is 2.41 bits per heavy atom. The van der Waals surface area contributed by atoms with Crippen LogP contribution in [0.5, 0.6) is 0 Å². The largest absolute Gasteiger partial charge is 0.481 e. The Balaban J connectivity index is 1.61. The van der Waals surface area contributed by atoms with Crippen molar-refractivity contribution in [3.63, 3.8) is 0 Å². The number of hydrogen-bond donors (Lipinski definition) is 4. The maximum absolute atomic E-state index is 12.4. The van der Waals surface area contributed by atoms with Crippen LogP contribution in [0.25, 0.3) is 0 Å². The van der Waals surface area contributed by atoms with Crippen LogP contribution in [-0.2, 0) is 25.7 Å². The summed E-state index contributed by atoms with van der Waals surface area (Å²) in [5.41, 5.74) is 3.32. The number of carbonyl (C=O) groups excluding carboxylic acids is 1. The van der Waals surface area contributed by atoms with Gasteiger partial charge in [-0.2, -0.15) is 11.8 Å². The number of thioether (sulfide) groups is 1. The highest BCUT2D eigenvalue weighted by molar-refractivity contribution is 7.99. The number of rotatable bonds is 15. The normalized spacial score (nSPS) is 19.5. The summed E-state index contributed by atoms with van der Waals surface area (Å²) < 4.78 is 12.6. The summed E-state index contributed by atoms with van der Waals surface area (Å²) in [5, 5.41) is 30.1. The van der Waals surface area contributed by atoms with Crippen molar-refractivity contribution in [3.05, 3.63) is 65.2 Å². The van der Waals surface area contributed by atoms with Crippen LogP contribution < -0.4 is 5.32 Å². The van der Waals surface area contributed by atoms with Crippen LogP contribution in [0.3, 0.4) is 0 Å². The van der Waals surface area contributed by atoms with Crippen LogP contribution >= 0.6 is 11.8 Å². The molecule has 202 valence electrons. The lowest BCUT2D eigenvalue weighted by Gasteiger charge is -2.36. The van der Waals surface area contributed by atoms with E-state index in [2.05, 4.69) is 5.32 Å². The van der Waals surface area contributed by atoms with Crippen molar-refractivity contribution in [2.45, 2.75) is 70.1 Å². The zero-order chi connectivity index (χ0) is 26.5. The van der Waals surface area contributed by atoms with E-state index in [1.165, 1.54) is 0 Å². The van der Waals surface area contributed by atoms with Crippen LogP contribution in [0.4, 0.5) is 5.69 Å². The first-order valence-electron chi connectivity index (χ1n) is 12.8. The molecule has 1 saturated heterocycles. The van der Waals surface area contributed by atoms with Gasteiger partial charge in [-0.1, -0.05) is 49.2 Å². The maximum Gasteiger partial charge on any atom is 0.303 e. The number of carbonyl (C=O) groups is 2. The van der Waals surface area contributed by atoms with Gasteiger partial charge in [0.05, 0.1) is 25.4 Å². The molecule has 0 saturated carbocycles. The number of benzene rings is 2. The van der Waals surface area contributed by atoms with Gasteiger partial charge in [-0.15, -0.1) is 0 Å². The summed E-state index contributed by atoms with van der Waals surface area (Å²) in [4.78, 5) is 23.0. The summed E-state index contributed by atoms with van der Waals surface area (Å²) in [6.07, 6.45) is 3.31. The number of carboxylic acid groups (broad SMARTS) is 1. The van der Waals surface area contributed by atoms with Gasteiger partial charge in [-0.05, 0) is 36.1 Å². The minimum absolute atomic E-state index is 0.0127. The molecule has 2 aromatic carbocycles. The average molecular weight is 532 g/mol. The number of unbranched alkanes of at least 4 members (excludes halogenated alkanes) is 3. The molecule has 8 nitrogen and oxygen atoms in total.